The second-order valence-electron chi connectivity index (χ2n) is 7.62. The molecule has 1 heterocycles. The van der Waals surface area contributed by atoms with Crippen LogP contribution in [0.15, 0.2) is 11.6 Å². The predicted octanol–water partition coefficient (Wildman–Crippen LogP) is 2.27. The molecule has 0 bridgehead atoms. The van der Waals surface area contributed by atoms with E-state index in [1.807, 2.05) is 0 Å². The van der Waals surface area contributed by atoms with E-state index in [4.69, 9.17) is 9.84 Å². The molecule has 1 saturated heterocycles. The summed E-state index contributed by atoms with van der Waals surface area (Å²) < 4.78 is 5.71. The molecule has 3 aliphatic rings. The number of fused-ring (bicyclic) bond motifs is 2. The van der Waals surface area contributed by atoms with E-state index in [9.17, 15) is 4.79 Å². The number of aliphatic hydroxyl groups excluding tert-OH is 1. The Balaban J connectivity index is 1.74. The van der Waals surface area contributed by atoms with Crippen LogP contribution in [-0.2, 0) is 9.53 Å². The Labute approximate surface area is 133 Å². The molecule has 5 atom stereocenters. The number of allylic oxidation sites excluding steroid dienone is 1. The number of ether oxygens (including phenoxy) is 1. The fraction of sp³-hybridized carbons (Fsp3) is 0.833. The van der Waals surface area contributed by atoms with Crippen molar-refractivity contribution < 1.29 is 14.6 Å². The lowest BCUT2D eigenvalue weighted by atomic mass is 9.59. The van der Waals surface area contributed by atoms with Crippen LogP contribution < -0.4 is 5.32 Å². The first kappa shape index (κ1) is 16.0. The maximum Gasteiger partial charge on any atom is 0.311 e. The Kier molecular flexibility index (Phi) is 4.60. The molecule has 22 heavy (non-hydrogen) atoms. The maximum absolute atomic E-state index is 12.3. The fourth-order valence-electron chi connectivity index (χ4n) is 4.74. The van der Waals surface area contributed by atoms with E-state index in [-0.39, 0.29) is 35.9 Å². The van der Waals surface area contributed by atoms with Crippen LogP contribution in [0, 0.1) is 23.2 Å². The SMILES string of the molecule is C[C@H]1CCC[C@]2(C)C[C@H]3OC(=O)[C@H](CNCCCO)[C@H]3C=C12. The first-order chi connectivity index (χ1) is 10.5. The minimum Gasteiger partial charge on any atom is -0.461 e. The summed E-state index contributed by atoms with van der Waals surface area (Å²) in [7, 11) is 0. The van der Waals surface area contributed by atoms with Crippen LogP contribution >= 0.6 is 0 Å². The van der Waals surface area contributed by atoms with Crippen LogP contribution in [0.25, 0.3) is 0 Å². The van der Waals surface area contributed by atoms with Crippen molar-refractivity contribution in [2.45, 2.75) is 52.1 Å². The number of nitrogens with one attached hydrogen (secondary N) is 1. The van der Waals surface area contributed by atoms with E-state index in [0.717, 1.165) is 19.4 Å². The lowest BCUT2D eigenvalue weighted by Gasteiger charge is -2.46. The fourth-order valence-corrected chi connectivity index (χ4v) is 4.74. The van der Waals surface area contributed by atoms with Gasteiger partial charge in [0.05, 0.1) is 5.92 Å². The van der Waals surface area contributed by atoms with Crippen molar-refractivity contribution in [2.75, 3.05) is 19.7 Å². The van der Waals surface area contributed by atoms with E-state index < -0.39 is 0 Å². The Morgan fingerprint density at radius 2 is 2.32 bits per heavy atom. The molecule has 1 saturated carbocycles. The molecule has 2 aliphatic carbocycles. The van der Waals surface area contributed by atoms with Gasteiger partial charge < -0.3 is 15.2 Å². The zero-order valence-electron chi connectivity index (χ0n) is 13.8. The lowest BCUT2D eigenvalue weighted by Crippen LogP contribution is -2.40. The van der Waals surface area contributed by atoms with Crippen LogP contribution in [-0.4, -0.2) is 36.9 Å². The molecule has 0 spiro atoms. The van der Waals surface area contributed by atoms with Crippen molar-refractivity contribution in [2.24, 2.45) is 23.2 Å². The van der Waals surface area contributed by atoms with E-state index >= 15 is 0 Å². The van der Waals surface area contributed by atoms with E-state index in [1.165, 1.54) is 19.3 Å². The molecule has 0 amide bonds. The first-order valence-corrected chi connectivity index (χ1v) is 8.79. The number of rotatable bonds is 5. The summed E-state index contributed by atoms with van der Waals surface area (Å²) in [6.45, 7) is 6.28. The summed E-state index contributed by atoms with van der Waals surface area (Å²) >= 11 is 0. The van der Waals surface area contributed by atoms with Gasteiger partial charge >= 0.3 is 5.97 Å². The Hall–Kier alpha value is -0.870. The second kappa shape index (κ2) is 6.32. The number of carbonyl (C=O) groups excluding carboxylic acids is 1. The van der Waals surface area contributed by atoms with Crippen molar-refractivity contribution in [1.82, 2.24) is 5.32 Å². The summed E-state index contributed by atoms with van der Waals surface area (Å²) in [5.74, 6) is 0.768. The van der Waals surface area contributed by atoms with Crippen LogP contribution in [0.1, 0.15) is 46.0 Å². The summed E-state index contributed by atoms with van der Waals surface area (Å²) in [6.07, 6.45) is 7.96. The van der Waals surface area contributed by atoms with Crippen LogP contribution in [0.3, 0.4) is 0 Å². The topological polar surface area (TPSA) is 58.6 Å². The number of hydrogen-bond acceptors (Lipinski definition) is 4. The molecule has 0 unspecified atom stereocenters. The van der Waals surface area contributed by atoms with Crippen molar-refractivity contribution in [3.8, 4) is 0 Å². The van der Waals surface area contributed by atoms with Gasteiger partial charge in [0.15, 0.2) is 0 Å². The van der Waals surface area contributed by atoms with Gasteiger partial charge in [0.2, 0.25) is 0 Å². The van der Waals surface area contributed by atoms with E-state index in [0.29, 0.717) is 12.5 Å². The molecule has 124 valence electrons. The van der Waals surface area contributed by atoms with Crippen LogP contribution in [0.4, 0.5) is 0 Å². The Bertz CT molecular complexity index is 461. The third-order valence-corrected chi connectivity index (χ3v) is 5.96. The predicted molar refractivity (Wildman–Crippen MR) is 85.3 cm³/mol. The highest BCUT2D eigenvalue weighted by Crippen LogP contribution is 2.53. The van der Waals surface area contributed by atoms with Crippen LogP contribution in [0.2, 0.25) is 0 Å². The van der Waals surface area contributed by atoms with Crippen molar-refractivity contribution >= 4 is 5.97 Å². The molecular formula is C18H29NO3. The highest BCUT2D eigenvalue weighted by atomic mass is 16.6. The largest absolute Gasteiger partial charge is 0.461 e. The smallest absolute Gasteiger partial charge is 0.311 e. The quantitative estimate of drug-likeness (QED) is 0.465. The van der Waals surface area contributed by atoms with Gasteiger partial charge in [-0.05, 0) is 43.6 Å². The molecule has 2 fully saturated rings. The highest BCUT2D eigenvalue weighted by Gasteiger charge is 2.51. The maximum atomic E-state index is 12.3. The zero-order valence-corrected chi connectivity index (χ0v) is 13.8. The van der Waals surface area contributed by atoms with Crippen molar-refractivity contribution in [3.05, 3.63) is 11.6 Å². The molecule has 1 aliphatic heterocycles. The summed E-state index contributed by atoms with van der Waals surface area (Å²) in [5, 5.41) is 12.1. The minimum absolute atomic E-state index is 0.0433. The number of esters is 1. The minimum atomic E-state index is -0.0603. The molecule has 3 rings (SSSR count). The molecule has 4 heteroatoms. The summed E-state index contributed by atoms with van der Waals surface area (Å²) in [6, 6.07) is 0. The number of hydrogen-bond donors (Lipinski definition) is 2. The second-order valence-corrected chi connectivity index (χ2v) is 7.62. The third kappa shape index (κ3) is 2.83. The highest BCUT2D eigenvalue weighted by molar-refractivity contribution is 5.76. The third-order valence-electron chi connectivity index (χ3n) is 5.96. The summed E-state index contributed by atoms with van der Waals surface area (Å²) in [5.41, 5.74) is 1.80. The molecule has 0 radical (unpaired) electrons. The monoisotopic (exact) mass is 307 g/mol. The molecule has 2 N–H and O–H groups in total. The molecule has 0 aromatic carbocycles. The van der Waals surface area contributed by atoms with Gasteiger partial charge in [0.25, 0.3) is 0 Å². The van der Waals surface area contributed by atoms with Gasteiger partial charge in [0, 0.05) is 19.1 Å². The van der Waals surface area contributed by atoms with Crippen LogP contribution in [0.5, 0.6) is 0 Å². The zero-order chi connectivity index (χ0) is 15.7. The number of carbonyl (C=O) groups is 1. The average molecular weight is 307 g/mol. The standard InChI is InChI=1S/C18H29NO3/c1-12-5-3-6-18(2)10-16-13(9-15(12)18)14(17(21)22-16)11-19-7-4-8-20/h9,12-14,16,19-20H,3-8,10-11H2,1-2H3/t12-,13+,14+,16+,18+/m0/s1. The van der Waals surface area contributed by atoms with Gasteiger partial charge in [0.1, 0.15) is 6.10 Å². The van der Waals surface area contributed by atoms with Gasteiger partial charge in [-0.15, -0.1) is 0 Å². The normalized spacial score (nSPS) is 40.7. The number of aliphatic hydroxyl groups is 1. The summed E-state index contributed by atoms with van der Waals surface area (Å²) in [4.78, 5) is 12.3. The van der Waals surface area contributed by atoms with Gasteiger partial charge in [-0.25, -0.2) is 0 Å². The average Bonchev–Trinajstić information content (AvgIpc) is 2.76. The van der Waals surface area contributed by atoms with Gasteiger partial charge in [-0.1, -0.05) is 31.9 Å². The Morgan fingerprint density at radius 3 is 3.09 bits per heavy atom. The van der Waals surface area contributed by atoms with Crippen molar-refractivity contribution in [3.63, 3.8) is 0 Å². The molecular weight excluding hydrogens is 278 g/mol. The van der Waals surface area contributed by atoms with Crippen molar-refractivity contribution in [1.29, 1.82) is 0 Å². The molecule has 4 nitrogen and oxygen atoms in total. The lowest BCUT2D eigenvalue weighted by molar-refractivity contribution is -0.145. The molecule has 0 aromatic heterocycles. The van der Waals surface area contributed by atoms with Gasteiger partial charge in [-0.3, -0.25) is 4.79 Å². The Morgan fingerprint density at radius 1 is 1.50 bits per heavy atom. The van der Waals surface area contributed by atoms with E-state index in [2.05, 4.69) is 25.2 Å². The van der Waals surface area contributed by atoms with E-state index in [1.54, 1.807) is 5.57 Å². The first-order valence-electron chi connectivity index (χ1n) is 8.79. The van der Waals surface area contributed by atoms with Gasteiger partial charge in [-0.2, -0.15) is 0 Å². The molecule has 0 aromatic rings.